The molecule has 1 aliphatic rings. The van der Waals surface area contributed by atoms with Crippen LogP contribution in [0, 0.1) is 0 Å². The van der Waals surface area contributed by atoms with Crippen LogP contribution >= 0.6 is 0 Å². The first kappa shape index (κ1) is 23.4. The maximum absolute atomic E-state index is 10.1. The Morgan fingerprint density at radius 3 is 2.45 bits per heavy atom. The number of para-hydroxylation sites is 2. The molecule has 0 spiro atoms. The number of aromatic nitrogens is 4. The minimum atomic E-state index is -0.336. The van der Waals surface area contributed by atoms with Gasteiger partial charge in [0.25, 0.3) is 0 Å². The van der Waals surface area contributed by atoms with Gasteiger partial charge in [-0.1, -0.05) is 24.3 Å². The van der Waals surface area contributed by atoms with Crippen molar-refractivity contribution < 1.29 is 28.8 Å². The Labute approximate surface area is 218 Å². The van der Waals surface area contributed by atoms with E-state index in [0.717, 1.165) is 16.7 Å². The Kier molecular flexibility index (Phi) is 5.83. The minimum Gasteiger partial charge on any atom is -0.508 e. The molecule has 0 amide bonds. The normalized spacial score (nSPS) is 13.8. The summed E-state index contributed by atoms with van der Waals surface area (Å²) in [5, 5.41) is 14.7. The number of phenolic OH excluding ortho intramolecular Hbond substituents is 1. The van der Waals surface area contributed by atoms with Gasteiger partial charge in [-0.3, -0.25) is 0 Å². The quantitative estimate of drug-likeness (QED) is 0.325. The SMILES string of the molecule is COc1ccc(C2c3ccc(O)cc3Oc3ncn4nc(COc5ccccc5OC)nc4c32)cc1OC. The van der Waals surface area contributed by atoms with Gasteiger partial charge in [0.05, 0.1) is 26.9 Å². The van der Waals surface area contributed by atoms with Crippen LogP contribution < -0.4 is 23.7 Å². The van der Waals surface area contributed by atoms with Crippen LogP contribution in [-0.2, 0) is 6.61 Å². The van der Waals surface area contributed by atoms with Crippen molar-refractivity contribution in [2.45, 2.75) is 12.5 Å². The zero-order valence-corrected chi connectivity index (χ0v) is 20.9. The van der Waals surface area contributed by atoms with Gasteiger partial charge in [0.15, 0.2) is 34.5 Å². The molecular formula is C28H24N4O6. The summed E-state index contributed by atoms with van der Waals surface area (Å²) in [5.74, 6) is 3.53. The first-order valence-electron chi connectivity index (χ1n) is 11.8. The van der Waals surface area contributed by atoms with Gasteiger partial charge in [-0.15, -0.1) is 5.10 Å². The van der Waals surface area contributed by atoms with Crippen LogP contribution in [0.1, 0.15) is 28.4 Å². The minimum absolute atomic E-state index is 0.0950. The zero-order chi connectivity index (χ0) is 26.2. The highest BCUT2D eigenvalue weighted by atomic mass is 16.5. The van der Waals surface area contributed by atoms with Crippen LogP contribution in [0.15, 0.2) is 67.0 Å². The van der Waals surface area contributed by atoms with E-state index in [9.17, 15) is 5.11 Å². The van der Waals surface area contributed by atoms with Gasteiger partial charge in [0.1, 0.15) is 24.4 Å². The second-order valence-corrected chi connectivity index (χ2v) is 8.57. The molecule has 5 aromatic rings. The summed E-state index contributed by atoms with van der Waals surface area (Å²) in [6.45, 7) is 0.128. The second-order valence-electron chi connectivity index (χ2n) is 8.57. The van der Waals surface area contributed by atoms with Gasteiger partial charge in [0, 0.05) is 17.5 Å². The number of benzene rings is 3. The lowest BCUT2D eigenvalue weighted by Crippen LogP contribution is -2.15. The van der Waals surface area contributed by atoms with Crippen LogP contribution in [0.2, 0.25) is 0 Å². The molecule has 3 heterocycles. The number of fused-ring (bicyclic) bond motifs is 4. The van der Waals surface area contributed by atoms with Gasteiger partial charge in [0.2, 0.25) is 5.88 Å². The first-order chi connectivity index (χ1) is 18.6. The molecule has 1 atom stereocenters. The van der Waals surface area contributed by atoms with E-state index in [1.54, 1.807) is 44.3 Å². The summed E-state index contributed by atoms with van der Waals surface area (Å²) >= 11 is 0. The number of phenols is 1. The molecule has 1 aliphatic heterocycles. The van der Waals surface area contributed by atoms with Gasteiger partial charge >= 0.3 is 0 Å². The predicted octanol–water partition coefficient (Wildman–Crippen LogP) is 4.72. The first-order valence-corrected chi connectivity index (χ1v) is 11.8. The number of aromatic hydroxyl groups is 1. The highest BCUT2D eigenvalue weighted by Crippen LogP contribution is 2.49. The van der Waals surface area contributed by atoms with Gasteiger partial charge in [-0.2, -0.15) is 0 Å². The van der Waals surface area contributed by atoms with Crippen LogP contribution in [0.25, 0.3) is 5.65 Å². The number of ether oxygens (including phenoxy) is 5. The Morgan fingerprint density at radius 1 is 0.895 bits per heavy atom. The van der Waals surface area contributed by atoms with Gasteiger partial charge in [-0.05, 0) is 35.9 Å². The van der Waals surface area contributed by atoms with Crippen molar-refractivity contribution in [3.05, 3.63) is 89.5 Å². The van der Waals surface area contributed by atoms with Gasteiger partial charge < -0.3 is 28.8 Å². The zero-order valence-electron chi connectivity index (χ0n) is 20.9. The second kappa shape index (κ2) is 9.47. The molecule has 0 saturated carbocycles. The van der Waals surface area contributed by atoms with E-state index in [4.69, 9.17) is 28.7 Å². The largest absolute Gasteiger partial charge is 0.508 e. The van der Waals surface area contributed by atoms with Crippen LogP contribution in [0.5, 0.6) is 40.4 Å². The van der Waals surface area contributed by atoms with Crippen LogP contribution in [0.3, 0.4) is 0 Å². The maximum atomic E-state index is 10.1. The smallest absolute Gasteiger partial charge is 0.228 e. The molecular weight excluding hydrogens is 488 g/mol. The Morgan fingerprint density at radius 2 is 1.66 bits per heavy atom. The van der Waals surface area contributed by atoms with Crippen LogP contribution in [0.4, 0.5) is 0 Å². The summed E-state index contributed by atoms with van der Waals surface area (Å²) in [6, 6.07) is 18.2. The number of nitrogens with zero attached hydrogens (tertiary/aromatic N) is 4. The Balaban J connectivity index is 1.46. The lowest BCUT2D eigenvalue weighted by Gasteiger charge is -2.28. The summed E-state index contributed by atoms with van der Waals surface area (Å²) in [4.78, 5) is 9.33. The Hall–Kier alpha value is -4.99. The summed E-state index contributed by atoms with van der Waals surface area (Å²) in [7, 11) is 4.78. The molecule has 0 bridgehead atoms. The van der Waals surface area contributed by atoms with E-state index in [1.165, 1.54) is 0 Å². The van der Waals surface area contributed by atoms with E-state index in [2.05, 4.69) is 10.1 Å². The lowest BCUT2D eigenvalue weighted by molar-refractivity contribution is 0.276. The lowest BCUT2D eigenvalue weighted by atomic mass is 9.83. The highest BCUT2D eigenvalue weighted by molar-refractivity contribution is 5.67. The van der Waals surface area contributed by atoms with Crippen molar-refractivity contribution >= 4 is 5.65 Å². The van der Waals surface area contributed by atoms with E-state index < -0.39 is 0 Å². The summed E-state index contributed by atoms with van der Waals surface area (Å²) in [6.07, 6.45) is 1.55. The summed E-state index contributed by atoms with van der Waals surface area (Å²) < 4.78 is 30.1. The van der Waals surface area contributed by atoms with E-state index in [-0.39, 0.29) is 18.3 Å². The molecule has 6 rings (SSSR count). The fourth-order valence-corrected chi connectivity index (χ4v) is 4.67. The molecule has 192 valence electrons. The monoisotopic (exact) mass is 512 g/mol. The van der Waals surface area contributed by atoms with Gasteiger partial charge in [-0.25, -0.2) is 14.5 Å². The number of methoxy groups -OCH3 is 3. The molecule has 0 aliphatic carbocycles. The third-order valence-electron chi connectivity index (χ3n) is 6.40. The van der Waals surface area contributed by atoms with Crippen molar-refractivity contribution in [1.82, 2.24) is 19.6 Å². The van der Waals surface area contributed by atoms with E-state index in [0.29, 0.717) is 46.1 Å². The molecule has 0 saturated heterocycles. The third-order valence-corrected chi connectivity index (χ3v) is 6.40. The fourth-order valence-electron chi connectivity index (χ4n) is 4.67. The number of hydrogen-bond donors (Lipinski definition) is 1. The van der Waals surface area contributed by atoms with Crippen molar-refractivity contribution in [2.24, 2.45) is 0 Å². The molecule has 10 nitrogen and oxygen atoms in total. The number of hydrogen-bond acceptors (Lipinski definition) is 9. The highest BCUT2D eigenvalue weighted by Gasteiger charge is 2.34. The summed E-state index contributed by atoms with van der Waals surface area (Å²) in [5.41, 5.74) is 3.05. The number of rotatable bonds is 7. The molecule has 1 N–H and O–H groups in total. The van der Waals surface area contributed by atoms with Crippen molar-refractivity contribution in [1.29, 1.82) is 0 Å². The molecule has 1 unspecified atom stereocenters. The van der Waals surface area contributed by atoms with E-state index in [1.807, 2.05) is 48.5 Å². The maximum Gasteiger partial charge on any atom is 0.228 e. The molecule has 2 aromatic heterocycles. The van der Waals surface area contributed by atoms with E-state index >= 15 is 0 Å². The van der Waals surface area contributed by atoms with Crippen molar-refractivity contribution in [3.63, 3.8) is 0 Å². The van der Waals surface area contributed by atoms with Crippen molar-refractivity contribution in [2.75, 3.05) is 21.3 Å². The average molecular weight is 513 g/mol. The molecule has 0 fully saturated rings. The van der Waals surface area contributed by atoms with Crippen LogP contribution in [-0.4, -0.2) is 46.0 Å². The molecule has 38 heavy (non-hydrogen) atoms. The fraction of sp³-hybridized carbons (Fsp3) is 0.179. The molecule has 0 radical (unpaired) electrons. The standard InChI is InChI=1S/C28H24N4O6/c1-34-19-6-4-5-7-21(19)37-14-24-30-27-26-25(16-8-11-20(35-2)23(12-16)36-3)18-10-9-17(33)13-22(18)38-28(26)29-15-32(27)31-24/h4-13,15,25,33H,14H2,1-3H3. The topological polar surface area (TPSA) is 109 Å². The Bertz CT molecular complexity index is 1650. The average Bonchev–Trinajstić information content (AvgIpc) is 3.38. The molecule has 3 aromatic carbocycles. The third kappa shape index (κ3) is 3.96. The van der Waals surface area contributed by atoms with Crippen molar-refractivity contribution in [3.8, 4) is 40.4 Å². The predicted molar refractivity (Wildman–Crippen MR) is 137 cm³/mol. The molecule has 10 heteroatoms.